The van der Waals surface area contributed by atoms with Crippen LogP contribution in [0.5, 0.6) is 0 Å². The Bertz CT molecular complexity index is 681. The van der Waals surface area contributed by atoms with Gasteiger partial charge in [-0.25, -0.2) is 4.99 Å². The molecule has 2 unspecified atom stereocenters. The minimum atomic E-state index is 0. The molecule has 2 atom stereocenters. The minimum Gasteiger partial charge on any atom is -0.357 e. The van der Waals surface area contributed by atoms with Crippen molar-refractivity contribution in [1.82, 2.24) is 15.2 Å². The van der Waals surface area contributed by atoms with Gasteiger partial charge < -0.3 is 15.2 Å². The van der Waals surface area contributed by atoms with Crippen LogP contribution in [0.25, 0.3) is 0 Å². The topological polar surface area (TPSA) is 41.4 Å². The summed E-state index contributed by atoms with van der Waals surface area (Å²) >= 11 is 3.49. The van der Waals surface area contributed by atoms with E-state index in [0.29, 0.717) is 18.5 Å². The first-order valence-electron chi connectivity index (χ1n) is 8.07. The van der Waals surface area contributed by atoms with E-state index in [1.165, 1.54) is 11.1 Å². The van der Waals surface area contributed by atoms with E-state index in [1.54, 1.807) is 0 Å². The van der Waals surface area contributed by atoms with Gasteiger partial charge in [0.15, 0.2) is 5.96 Å². The third-order valence-electron chi connectivity index (χ3n) is 4.07. The average Bonchev–Trinajstić information content (AvgIpc) is 3.17. The van der Waals surface area contributed by atoms with Crippen molar-refractivity contribution in [2.24, 2.45) is 12.0 Å². The van der Waals surface area contributed by atoms with Gasteiger partial charge in [0, 0.05) is 42.4 Å². The van der Waals surface area contributed by atoms with E-state index < -0.39 is 0 Å². The third kappa shape index (κ3) is 5.24. The summed E-state index contributed by atoms with van der Waals surface area (Å²) in [4.78, 5) is 4.69. The van der Waals surface area contributed by atoms with Crippen molar-refractivity contribution in [3.63, 3.8) is 0 Å². The Morgan fingerprint density at radius 2 is 2.04 bits per heavy atom. The highest BCUT2D eigenvalue weighted by Crippen LogP contribution is 2.40. The van der Waals surface area contributed by atoms with Crippen LogP contribution in [0, 0.1) is 0 Å². The summed E-state index contributed by atoms with van der Waals surface area (Å²) in [5.41, 5.74) is 2.62. The average molecular weight is 503 g/mol. The van der Waals surface area contributed by atoms with E-state index in [1.807, 2.05) is 7.05 Å². The summed E-state index contributed by atoms with van der Waals surface area (Å²) in [7, 11) is 2.03. The van der Waals surface area contributed by atoms with Crippen molar-refractivity contribution >= 4 is 45.9 Å². The maximum absolute atomic E-state index is 4.69. The zero-order valence-corrected chi connectivity index (χ0v) is 17.9. The van der Waals surface area contributed by atoms with Gasteiger partial charge in [-0.2, -0.15) is 0 Å². The maximum Gasteiger partial charge on any atom is 0.191 e. The molecule has 1 saturated carbocycles. The van der Waals surface area contributed by atoms with Crippen LogP contribution in [0.2, 0.25) is 0 Å². The summed E-state index contributed by atoms with van der Waals surface area (Å²) in [6.07, 6.45) is 5.32. The largest absolute Gasteiger partial charge is 0.357 e. The van der Waals surface area contributed by atoms with Crippen molar-refractivity contribution in [1.29, 1.82) is 0 Å². The van der Waals surface area contributed by atoms with Crippen LogP contribution in [-0.4, -0.2) is 23.1 Å². The van der Waals surface area contributed by atoms with Gasteiger partial charge >= 0.3 is 0 Å². The number of guanidine groups is 1. The smallest absolute Gasteiger partial charge is 0.191 e. The molecule has 1 aromatic carbocycles. The molecular formula is C18H24BrIN4. The van der Waals surface area contributed by atoms with E-state index in [9.17, 15) is 0 Å². The van der Waals surface area contributed by atoms with Crippen LogP contribution in [0.3, 0.4) is 0 Å². The molecule has 6 heteroatoms. The summed E-state index contributed by atoms with van der Waals surface area (Å²) in [5, 5.41) is 6.89. The first-order valence-corrected chi connectivity index (χ1v) is 8.86. The molecule has 2 N–H and O–H groups in total. The fourth-order valence-corrected chi connectivity index (χ4v) is 3.02. The second-order valence-corrected chi connectivity index (χ2v) is 6.94. The lowest BCUT2D eigenvalue weighted by molar-refractivity contribution is 0.794. The summed E-state index contributed by atoms with van der Waals surface area (Å²) in [6.45, 7) is 3.67. The number of aromatic nitrogens is 1. The van der Waals surface area contributed by atoms with Gasteiger partial charge in [-0.1, -0.05) is 28.1 Å². The van der Waals surface area contributed by atoms with Crippen LogP contribution in [0.4, 0.5) is 0 Å². The monoisotopic (exact) mass is 502 g/mol. The molecule has 0 amide bonds. The standard InChI is InChI=1S/C18H23BrN4.HI/c1-3-20-18(21-11-13-8-9-23(2)12-13)22-17-10-16(17)14-4-6-15(19)7-5-14;/h4-9,12,16-17H,3,10-11H2,1-2H3,(H2,20,21,22);1H. The molecule has 1 aliphatic rings. The van der Waals surface area contributed by atoms with E-state index >= 15 is 0 Å². The lowest BCUT2D eigenvalue weighted by Crippen LogP contribution is -2.39. The van der Waals surface area contributed by atoms with Gasteiger partial charge in [0.25, 0.3) is 0 Å². The molecule has 4 nitrogen and oxygen atoms in total. The highest BCUT2D eigenvalue weighted by molar-refractivity contribution is 14.0. The Balaban J connectivity index is 0.00000208. The second-order valence-electron chi connectivity index (χ2n) is 6.02. The zero-order valence-electron chi connectivity index (χ0n) is 14.0. The van der Waals surface area contributed by atoms with E-state index in [2.05, 4.69) is 80.8 Å². The predicted molar refractivity (Wildman–Crippen MR) is 114 cm³/mol. The Kier molecular flexibility index (Phi) is 7.16. The molecule has 1 fully saturated rings. The Morgan fingerprint density at radius 1 is 1.29 bits per heavy atom. The minimum absolute atomic E-state index is 0. The first kappa shape index (κ1) is 19.3. The van der Waals surface area contributed by atoms with Gasteiger partial charge in [-0.3, -0.25) is 0 Å². The number of hydrogen-bond donors (Lipinski definition) is 2. The molecule has 0 aliphatic heterocycles. The molecule has 130 valence electrons. The van der Waals surface area contributed by atoms with Crippen molar-refractivity contribution in [3.8, 4) is 0 Å². The number of hydrogen-bond acceptors (Lipinski definition) is 1. The quantitative estimate of drug-likeness (QED) is 0.368. The van der Waals surface area contributed by atoms with Crippen LogP contribution in [0.1, 0.15) is 30.4 Å². The van der Waals surface area contributed by atoms with Crippen molar-refractivity contribution < 1.29 is 0 Å². The second kappa shape index (κ2) is 8.89. The van der Waals surface area contributed by atoms with Gasteiger partial charge in [0.05, 0.1) is 6.54 Å². The normalized spacial score (nSPS) is 19.5. The Morgan fingerprint density at radius 3 is 2.67 bits per heavy atom. The van der Waals surface area contributed by atoms with Crippen molar-refractivity contribution in [2.75, 3.05) is 6.54 Å². The number of rotatable bonds is 5. The SMILES string of the molecule is CCNC(=NCc1ccn(C)c1)NC1CC1c1ccc(Br)cc1.I. The van der Waals surface area contributed by atoms with Gasteiger partial charge in [-0.05, 0) is 42.7 Å². The highest BCUT2D eigenvalue weighted by atomic mass is 127. The summed E-state index contributed by atoms with van der Waals surface area (Å²) in [5.74, 6) is 1.49. The lowest BCUT2D eigenvalue weighted by Gasteiger charge is -2.11. The number of nitrogens with one attached hydrogen (secondary N) is 2. The summed E-state index contributed by atoms with van der Waals surface area (Å²) in [6, 6.07) is 11.2. The molecule has 0 spiro atoms. The Labute approximate surface area is 169 Å². The van der Waals surface area contributed by atoms with Gasteiger partial charge in [0.2, 0.25) is 0 Å². The van der Waals surface area contributed by atoms with Crippen molar-refractivity contribution in [3.05, 3.63) is 58.3 Å². The molecule has 24 heavy (non-hydrogen) atoms. The Hall–Kier alpha value is -1.02. The molecule has 0 radical (unpaired) electrons. The first-order chi connectivity index (χ1) is 11.2. The molecular weight excluding hydrogens is 479 g/mol. The number of nitrogens with zero attached hydrogens (tertiary/aromatic N) is 2. The van der Waals surface area contributed by atoms with Crippen LogP contribution < -0.4 is 10.6 Å². The number of benzene rings is 1. The van der Waals surface area contributed by atoms with Gasteiger partial charge in [-0.15, -0.1) is 24.0 Å². The van der Waals surface area contributed by atoms with Crippen molar-refractivity contribution in [2.45, 2.75) is 31.8 Å². The molecule has 1 aliphatic carbocycles. The molecule has 0 bridgehead atoms. The fourth-order valence-electron chi connectivity index (χ4n) is 2.75. The van der Waals surface area contributed by atoms with Crippen LogP contribution in [0.15, 0.2) is 52.2 Å². The predicted octanol–water partition coefficient (Wildman–Crippen LogP) is 4.02. The molecule has 3 rings (SSSR count). The van der Waals surface area contributed by atoms with Crippen LogP contribution in [-0.2, 0) is 13.6 Å². The molecule has 1 heterocycles. The zero-order chi connectivity index (χ0) is 16.2. The van der Waals surface area contributed by atoms with E-state index in [-0.39, 0.29) is 24.0 Å². The molecule has 0 saturated heterocycles. The number of aryl methyl sites for hydroxylation is 1. The number of aliphatic imine (C=N–C) groups is 1. The van der Waals surface area contributed by atoms with E-state index in [0.717, 1.165) is 23.4 Å². The summed E-state index contributed by atoms with van der Waals surface area (Å²) < 4.78 is 3.18. The number of halogens is 2. The van der Waals surface area contributed by atoms with Crippen LogP contribution >= 0.6 is 39.9 Å². The maximum atomic E-state index is 4.69. The molecule has 1 aromatic heterocycles. The lowest BCUT2D eigenvalue weighted by atomic mass is 10.1. The third-order valence-corrected chi connectivity index (χ3v) is 4.60. The molecule has 2 aromatic rings. The van der Waals surface area contributed by atoms with E-state index in [4.69, 9.17) is 4.99 Å². The fraction of sp³-hybridized carbons (Fsp3) is 0.389. The highest BCUT2D eigenvalue weighted by Gasteiger charge is 2.38. The van der Waals surface area contributed by atoms with Gasteiger partial charge in [0.1, 0.15) is 0 Å².